The van der Waals surface area contributed by atoms with Crippen LogP contribution in [0.4, 0.5) is 24.5 Å². The third-order valence-electron chi connectivity index (χ3n) is 5.06. The van der Waals surface area contributed by atoms with Crippen molar-refractivity contribution < 1.29 is 32.3 Å². The molecule has 0 aliphatic heterocycles. The Morgan fingerprint density at radius 2 is 1.51 bits per heavy atom. The summed E-state index contributed by atoms with van der Waals surface area (Å²) in [6.45, 7) is 1.38. The van der Waals surface area contributed by atoms with Crippen LogP contribution in [-0.4, -0.2) is 24.4 Å². The van der Waals surface area contributed by atoms with Gasteiger partial charge in [0.15, 0.2) is 6.61 Å². The number of anilines is 2. The van der Waals surface area contributed by atoms with E-state index in [4.69, 9.17) is 4.74 Å². The van der Waals surface area contributed by atoms with Gasteiger partial charge in [0.1, 0.15) is 0 Å². The van der Waals surface area contributed by atoms with Gasteiger partial charge >= 0.3 is 12.1 Å². The minimum Gasteiger partial charge on any atom is -0.456 e. The summed E-state index contributed by atoms with van der Waals surface area (Å²) in [5, 5.41) is 4.93. The van der Waals surface area contributed by atoms with Crippen molar-refractivity contribution in [1.82, 2.24) is 0 Å². The fourth-order valence-corrected chi connectivity index (χ4v) is 3.27. The molecule has 2 amide bonds. The first kappa shape index (κ1) is 25.5. The highest BCUT2D eigenvalue weighted by Gasteiger charge is 2.30. The number of carbonyl (C=O) groups excluding carboxylic acids is 3. The molecule has 3 aromatic carbocycles. The number of rotatable bonds is 8. The van der Waals surface area contributed by atoms with Crippen molar-refractivity contribution >= 4 is 29.2 Å². The van der Waals surface area contributed by atoms with E-state index < -0.39 is 36.1 Å². The van der Waals surface area contributed by atoms with Gasteiger partial charge in [0, 0.05) is 16.9 Å². The maximum Gasteiger partial charge on any atom is 0.416 e. The van der Waals surface area contributed by atoms with Crippen molar-refractivity contribution in [2.24, 2.45) is 0 Å². The predicted octanol–water partition coefficient (Wildman–Crippen LogP) is 5.63. The van der Waals surface area contributed by atoms with E-state index in [0.717, 1.165) is 17.7 Å². The third-order valence-corrected chi connectivity index (χ3v) is 5.06. The number of hydrogen-bond acceptors (Lipinski definition) is 4. The van der Waals surface area contributed by atoms with Crippen molar-refractivity contribution in [2.75, 3.05) is 17.2 Å². The average Bonchev–Trinajstić information content (AvgIpc) is 2.83. The zero-order chi connectivity index (χ0) is 25.4. The van der Waals surface area contributed by atoms with Gasteiger partial charge < -0.3 is 15.4 Å². The molecular weight excluding hydrogens is 461 g/mol. The molecule has 0 aliphatic rings. The molecule has 0 aliphatic carbocycles. The second-order valence-electron chi connectivity index (χ2n) is 7.84. The van der Waals surface area contributed by atoms with Gasteiger partial charge in [-0.2, -0.15) is 13.2 Å². The molecule has 0 spiro atoms. The molecule has 0 fully saturated rings. The molecule has 0 aromatic heterocycles. The second kappa shape index (κ2) is 11.3. The molecule has 0 heterocycles. The fraction of sp³-hybridized carbons (Fsp3) is 0.192. The van der Waals surface area contributed by atoms with Crippen LogP contribution in [0.15, 0.2) is 78.9 Å². The van der Waals surface area contributed by atoms with Gasteiger partial charge in [-0.1, -0.05) is 49.4 Å². The lowest BCUT2D eigenvalue weighted by Gasteiger charge is -2.12. The van der Waals surface area contributed by atoms with E-state index in [-0.39, 0.29) is 29.3 Å². The van der Waals surface area contributed by atoms with Crippen LogP contribution in [0, 0.1) is 0 Å². The first-order chi connectivity index (χ1) is 16.6. The smallest absolute Gasteiger partial charge is 0.416 e. The SMILES string of the molecule is C[C@@H](CC(=O)OCC(=O)Nc1cccc(C(=O)Nc2cccc(C(F)(F)F)c2)c1)c1ccccc1. The molecule has 1 atom stereocenters. The minimum atomic E-state index is -4.53. The lowest BCUT2D eigenvalue weighted by Crippen LogP contribution is -2.21. The number of ether oxygens (including phenoxy) is 1. The summed E-state index contributed by atoms with van der Waals surface area (Å²) >= 11 is 0. The number of carbonyl (C=O) groups is 3. The lowest BCUT2D eigenvalue weighted by atomic mass is 9.98. The molecule has 6 nitrogen and oxygen atoms in total. The van der Waals surface area contributed by atoms with Gasteiger partial charge in [-0.3, -0.25) is 14.4 Å². The number of halogens is 3. The first-order valence-electron chi connectivity index (χ1n) is 10.7. The van der Waals surface area contributed by atoms with Gasteiger partial charge in [-0.15, -0.1) is 0 Å². The van der Waals surface area contributed by atoms with Crippen LogP contribution < -0.4 is 10.6 Å². The first-order valence-corrected chi connectivity index (χ1v) is 10.7. The summed E-state index contributed by atoms with van der Waals surface area (Å²) in [4.78, 5) is 36.7. The van der Waals surface area contributed by atoms with Gasteiger partial charge in [-0.05, 0) is 47.9 Å². The summed E-state index contributed by atoms with van der Waals surface area (Å²) in [5.74, 6) is -1.84. The van der Waals surface area contributed by atoms with Crippen molar-refractivity contribution in [1.29, 1.82) is 0 Å². The van der Waals surface area contributed by atoms with Gasteiger partial charge in [0.25, 0.3) is 11.8 Å². The van der Waals surface area contributed by atoms with Gasteiger partial charge in [0.2, 0.25) is 0 Å². The standard InChI is InChI=1S/C26H23F3N2O4/c1-17(18-7-3-2-4-8-18)13-24(33)35-16-23(32)30-21-11-5-9-19(14-21)25(34)31-22-12-6-10-20(15-22)26(27,28)29/h2-12,14-15,17H,13,16H2,1H3,(H,30,32)(H,31,34)/t17-/m0/s1. The normalized spacial score (nSPS) is 11.9. The summed E-state index contributed by atoms with van der Waals surface area (Å²) < 4.78 is 43.7. The highest BCUT2D eigenvalue weighted by atomic mass is 19.4. The van der Waals surface area contributed by atoms with E-state index in [0.29, 0.717) is 0 Å². The van der Waals surface area contributed by atoms with Crippen molar-refractivity contribution in [3.8, 4) is 0 Å². The summed E-state index contributed by atoms with van der Waals surface area (Å²) in [7, 11) is 0. The Kier molecular flexibility index (Phi) is 8.25. The molecule has 3 aromatic rings. The summed E-state index contributed by atoms with van der Waals surface area (Å²) in [5.41, 5.74) is 0.461. The Morgan fingerprint density at radius 1 is 0.857 bits per heavy atom. The number of hydrogen-bond donors (Lipinski definition) is 2. The van der Waals surface area contributed by atoms with E-state index >= 15 is 0 Å². The maximum absolute atomic E-state index is 12.9. The Bertz CT molecular complexity index is 1200. The molecule has 3 rings (SSSR count). The average molecular weight is 484 g/mol. The van der Waals surface area contributed by atoms with Crippen LogP contribution in [0.2, 0.25) is 0 Å². The number of esters is 1. The summed E-state index contributed by atoms with van der Waals surface area (Å²) in [6.07, 6.45) is -4.42. The van der Waals surface area contributed by atoms with Crippen LogP contribution in [-0.2, 0) is 20.5 Å². The minimum absolute atomic E-state index is 0.0177. The van der Waals surface area contributed by atoms with Crippen LogP contribution in [0.25, 0.3) is 0 Å². The van der Waals surface area contributed by atoms with Crippen LogP contribution >= 0.6 is 0 Å². The Hall–Kier alpha value is -4.14. The highest BCUT2D eigenvalue weighted by Crippen LogP contribution is 2.30. The molecule has 35 heavy (non-hydrogen) atoms. The zero-order valence-corrected chi connectivity index (χ0v) is 18.8. The van der Waals surface area contributed by atoms with E-state index in [1.165, 1.54) is 36.4 Å². The molecule has 0 saturated heterocycles. The fourth-order valence-electron chi connectivity index (χ4n) is 3.27. The second-order valence-corrected chi connectivity index (χ2v) is 7.84. The van der Waals surface area contributed by atoms with Crippen molar-refractivity contribution in [2.45, 2.75) is 25.4 Å². The molecule has 2 N–H and O–H groups in total. The van der Waals surface area contributed by atoms with Crippen LogP contribution in [0.5, 0.6) is 0 Å². The topological polar surface area (TPSA) is 84.5 Å². The molecule has 9 heteroatoms. The van der Waals surface area contributed by atoms with E-state index in [2.05, 4.69) is 10.6 Å². The van der Waals surface area contributed by atoms with E-state index in [9.17, 15) is 27.6 Å². The Labute approximate surface area is 200 Å². The molecule has 0 radical (unpaired) electrons. The summed E-state index contributed by atoms with van der Waals surface area (Å²) in [6, 6.07) is 19.5. The van der Waals surface area contributed by atoms with Crippen molar-refractivity contribution in [3.05, 3.63) is 95.6 Å². The maximum atomic E-state index is 12.9. The van der Waals surface area contributed by atoms with E-state index in [1.807, 2.05) is 37.3 Å². The third kappa shape index (κ3) is 7.70. The Balaban J connectivity index is 1.52. The lowest BCUT2D eigenvalue weighted by molar-refractivity contribution is -0.147. The van der Waals surface area contributed by atoms with Crippen LogP contribution in [0.1, 0.15) is 40.7 Å². The number of amides is 2. The number of benzene rings is 3. The molecular formula is C26H23F3N2O4. The zero-order valence-electron chi connectivity index (χ0n) is 18.8. The Morgan fingerprint density at radius 3 is 2.20 bits per heavy atom. The van der Waals surface area contributed by atoms with Gasteiger partial charge in [0.05, 0.1) is 12.0 Å². The van der Waals surface area contributed by atoms with Crippen molar-refractivity contribution in [3.63, 3.8) is 0 Å². The quantitative estimate of drug-likeness (QED) is 0.406. The molecule has 0 unspecified atom stereocenters. The molecule has 182 valence electrons. The molecule has 0 saturated carbocycles. The number of nitrogens with one attached hydrogen (secondary N) is 2. The monoisotopic (exact) mass is 484 g/mol. The largest absolute Gasteiger partial charge is 0.456 e. The number of alkyl halides is 3. The highest BCUT2D eigenvalue weighted by molar-refractivity contribution is 6.05. The van der Waals surface area contributed by atoms with Gasteiger partial charge in [-0.25, -0.2) is 0 Å². The predicted molar refractivity (Wildman–Crippen MR) is 125 cm³/mol. The van der Waals surface area contributed by atoms with Crippen LogP contribution in [0.3, 0.4) is 0 Å². The molecule has 0 bridgehead atoms. The van der Waals surface area contributed by atoms with E-state index in [1.54, 1.807) is 0 Å².